The van der Waals surface area contributed by atoms with Crippen molar-refractivity contribution in [3.8, 4) is 0 Å². The van der Waals surface area contributed by atoms with E-state index in [1.165, 1.54) is 76.3 Å². The molecule has 0 saturated carbocycles. The maximum Gasteiger partial charge on any atom is 0.274 e. The van der Waals surface area contributed by atoms with Crippen LogP contribution in [0.15, 0.2) is 30.3 Å². The highest BCUT2D eigenvalue weighted by Crippen LogP contribution is 2.61. The molecule has 5 heteroatoms. The Kier molecular flexibility index (Phi) is 12.4. The lowest BCUT2D eigenvalue weighted by molar-refractivity contribution is -0.139. The summed E-state index contributed by atoms with van der Waals surface area (Å²) in [6, 6.07) is 6.34. The van der Waals surface area contributed by atoms with Crippen LogP contribution in [-0.2, 0) is 9.53 Å². The molecule has 1 atom stereocenters. The fraction of sp³-hybridized carbons (Fsp3) is 0.609. The van der Waals surface area contributed by atoms with Crippen molar-refractivity contribution in [1.29, 1.82) is 0 Å². The highest BCUT2D eigenvalue weighted by Gasteiger charge is 2.28. The van der Waals surface area contributed by atoms with E-state index in [4.69, 9.17) is 4.74 Å². The zero-order valence-electron chi connectivity index (χ0n) is 18.1. The topological polar surface area (TPSA) is 26.3 Å². The fourth-order valence-corrected chi connectivity index (χ4v) is 8.29. The number of carbonyl (C=O) groups is 1. The third kappa shape index (κ3) is 8.90. The monoisotopic (exact) mass is 406 g/mol. The lowest BCUT2D eigenvalue weighted by Gasteiger charge is -2.42. The highest BCUT2D eigenvalue weighted by molar-refractivity contribution is 8.00. The number of methoxy groups -OCH3 is 1. The minimum Gasteiger partial charge on any atom is -0.471 e. The van der Waals surface area contributed by atoms with Crippen LogP contribution < -0.4 is 0 Å². The molecule has 28 heavy (non-hydrogen) atoms. The molecule has 0 amide bonds. The Hall–Kier alpha value is -1.15. The predicted molar refractivity (Wildman–Crippen MR) is 123 cm³/mol. The Morgan fingerprint density at radius 2 is 1.54 bits per heavy atom. The van der Waals surface area contributed by atoms with Crippen molar-refractivity contribution in [2.45, 2.75) is 65.1 Å². The van der Waals surface area contributed by atoms with E-state index in [-0.39, 0.29) is 17.6 Å². The van der Waals surface area contributed by atoms with Crippen molar-refractivity contribution < 1.29 is 13.9 Å². The van der Waals surface area contributed by atoms with Crippen molar-refractivity contribution in [2.24, 2.45) is 0 Å². The molecule has 2 nitrogen and oxygen atoms in total. The molecule has 0 spiro atoms. The van der Waals surface area contributed by atoms with Crippen molar-refractivity contribution in [3.63, 3.8) is 0 Å². The van der Waals surface area contributed by atoms with E-state index in [9.17, 15) is 9.18 Å². The van der Waals surface area contributed by atoms with Gasteiger partial charge in [-0.1, -0.05) is 71.1 Å². The van der Waals surface area contributed by atoms with Gasteiger partial charge in [-0.3, -0.25) is 4.79 Å². The van der Waals surface area contributed by atoms with Gasteiger partial charge in [-0.25, -0.2) is 11.5 Å². The number of rotatable bonds is 14. The van der Waals surface area contributed by atoms with Gasteiger partial charge in [0.05, 0.1) is 7.11 Å². The van der Waals surface area contributed by atoms with Crippen LogP contribution in [0.2, 0.25) is 5.82 Å². The van der Waals surface area contributed by atoms with Crippen LogP contribution in [0.4, 0.5) is 4.39 Å². The molecule has 2 radical (unpaired) electrons. The second kappa shape index (κ2) is 13.9. The smallest absolute Gasteiger partial charge is 0.274 e. The quantitative estimate of drug-likeness (QED) is 0.192. The molecule has 0 aromatic heterocycles. The van der Waals surface area contributed by atoms with Crippen molar-refractivity contribution in [3.05, 3.63) is 41.7 Å². The molecule has 0 fully saturated rings. The SMILES string of the molecule is CCCC[P+]([B-]C(/C=C/c1ccc(F)cc1)C(=O)OC)(CCCC)CCCC. The minimum atomic E-state index is -1.34. The average Bonchev–Trinajstić information content (AvgIpc) is 2.72. The van der Waals surface area contributed by atoms with Gasteiger partial charge in [-0.05, 0) is 37.0 Å². The van der Waals surface area contributed by atoms with Crippen LogP contribution in [0, 0.1) is 5.82 Å². The van der Waals surface area contributed by atoms with E-state index in [1.54, 1.807) is 12.1 Å². The second-order valence-electron chi connectivity index (χ2n) is 7.56. The average molecular weight is 406 g/mol. The first-order chi connectivity index (χ1) is 13.5. The first-order valence-electron chi connectivity index (χ1n) is 10.7. The van der Waals surface area contributed by atoms with Crippen LogP contribution in [0.3, 0.4) is 0 Å². The van der Waals surface area contributed by atoms with E-state index in [0.717, 1.165) is 5.56 Å². The van der Waals surface area contributed by atoms with Crippen LogP contribution in [0.5, 0.6) is 0 Å². The Morgan fingerprint density at radius 3 is 1.96 bits per heavy atom. The molecular weight excluding hydrogens is 369 g/mol. The highest BCUT2D eigenvalue weighted by atomic mass is 31.2. The number of ether oxygens (including phenoxy) is 1. The largest absolute Gasteiger partial charge is 0.471 e. The Balaban J connectivity index is 3.08. The van der Waals surface area contributed by atoms with Crippen molar-refractivity contribution in [2.75, 3.05) is 25.6 Å². The molecule has 0 aliphatic carbocycles. The zero-order chi connectivity index (χ0) is 20.8. The molecular formula is C23H37BFO2P. The van der Waals surface area contributed by atoms with Crippen LogP contribution in [0.1, 0.15) is 64.9 Å². The Bertz CT molecular complexity index is 567. The number of hydrogen-bond donors (Lipinski definition) is 0. The molecule has 1 aromatic rings. The van der Waals surface area contributed by atoms with Gasteiger partial charge in [0.15, 0.2) is 0 Å². The molecule has 0 heterocycles. The van der Waals surface area contributed by atoms with E-state index in [1.807, 2.05) is 12.2 Å². The first kappa shape index (κ1) is 24.9. The summed E-state index contributed by atoms with van der Waals surface area (Å²) < 4.78 is 18.3. The molecule has 0 aliphatic heterocycles. The number of halogens is 1. The minimum absolute atomic E-state index is 0.202. The van der Waals surface area contributed by atoms with E-state index < -0.39 is 7.14 Å². The summed E-state index contributed by atoms with van der Waals surface area (Å²) in [4.78, 5) is 12.5. The lowest BCUT2D eigenvalue weighted by atomic mass is 9.85. The van der Waals surface area contributed by atoms with Gasteiger partial charge >= 0.3 is 0 Å². The maximum atomic E-state index is 13.1. The van der Waals surface area contributed by atoms with Crippen LogP contribution >= 0.6 is 7.14 Å². The third-order valence-corrected chi connectivity index (χ3v) is 9.76. The summed E-state index contributed by atoms with van der Waals surface area (Å²) in [6.45, 7) is 9.07. The standard InChI is InChI=1S/C23H37BFO2P/c1-5-8-17-28(18-9-6-2,19-10-7-3)24-22(23(26)27-4)16-13-20-11-14-21(25)15-12-20/h11-16,22H,5-10,17-19H2,1-4H3/b16-13+. The van der Waals surface area contributed by atoms with Gasteiger partial charge in [0.1, 0.15) is 5.82 Å². The number of benzene rings is 1. The van der Waals surface area contributed by atoms with Crippen LogP contribution in [-0.4, -0.2) is 38.6 Å². The van der Waals surface area contributed by atoms with Gasteiger partial charge in [0.25, 0.3) is 5.97 Å². The summed E-state index contributed by atoms with van der Waals surface area (Å²) >= 11 is 0. The molecule has 0 N–H and O–H groups in total. The Labute approximate surface area is 172 Å². The van der Waals surface area contributed by atoms with Crippen molar-refractivity contribution >= 4 is 26.2 Å². The van der Waals surface area contributed by atoms with Gasteiger partial charge in [0.2, 0.25) is 0 Å². The molecule has 1 unspecified atom stereocenters. The van der Waals surface area contributed by atoms with Crippen molar-refractivity contribution in [1.82, 2.24) is 0 Å². The molecule has 1 aromatic carbocycles. The summed E-state index contributed by atoms with van der Waals surface area (Å²) in [7, 11) is 0.122. The summed E-state index contributed by atoms with van der Waals surface area (Å²) in [6.07, 6.45) is 14.7. The first-order valence-corrected chi connectivity index (χ1v) is 13.1. The van der Waals surface area contributed by atoms with Crippen LogP contribution in [0.25, 0.3) is 6.08 Å². The maximum absolute atomic E-state index is 13.1. The summed E-state index contributed by atoms with van der Waals surface area (Å²) in [5, 5.41) is 0. The van der Waals surface area contributed by atoms with E-state index >= 15 is 0 Å². The Morgan fingerprint density at radius 1 is 1.04 bits per heavy atom. The fourth-order valence-electron chi connectivity index (χ4n) is 3.43. The predicted octanol–water partition coefficient (Wildman–Crippen LogP) is 6.84. The normalized spacial score (nSPS) is 13.0. The number of hydrogen-bond acceptors (Lipinski definition) is 2. The molecule has 0 aliphatic rings. The second-order valence-corrected chi connectivity index (χ2v) is 11.6. The van der Waals surface area contributed by atoms with E-state index in [2.05, 4.69) is 27.8 Å². The summed E-state index contributed by atoms with van der Waals surface area (Å²) in [5.41, 5.74) is 0.892. The van der Waals surface area contributed by atoms with Gasteiger partial charge in [0, 0.05) is 18.5 Å². The lowest BCUT2D eigenvalue weighted by Crippen LogP contribution is -2.23. The number of esters is 1. The molecule has 156 valence electrons. The van der Waals surface area contributed by atoms with Gasteiger partial charge in [-0.2, -0.15) is 0 Å². The van der Waals surface area contributed by atoms with Gasteiger partial charge in [-0.15, -0.1) is 6.08 Å². The zero-order valence-corrected chi connectivity index (χ0v) is 19.0. The van der Waals surface area contributed by atoms with E-state index in [0.29, 0.717) is 0 Å². The third-order valence-electron chi connectivity index (χ3n) is 5.19. The molecule has 0 saturated heterocycles. The van der Waals surface area contributed by atoms with Gasteiger partial charge < -0.3 is 4.74 Å². The molecule has 0 bridgehead atoms. The molecule has 1 rings (SSSR count). The number of carbonyl (C=O) groups excluding carboxylic acids is 1. The number of unbranched alkanes of at least 4 members (excludes halogenated alkanes) is 3. The summed E-state index contributed by atoms with van der Waals surface area (Å²) in [5.74, 6) is -0.793.